The van der Waals surface area contributed by atoms with E-state index in [9.17, 15) is 8.42 Å². The van der Waals surface area contributed by atoms with Crippen molar-refractivity contribution in [3.05, 3.63) is 11.4 Å². The molecule has 0 aliphatic carbocycles. The molecular formula is C13H26N4O3S. The quantitative estimate of drug-likeness (QED) is 0.629. The third kappa shape index (κ3) is 5.06. The Kier molecular flexibility index (Phi) is 6.33. The average Bonchev–Trinajstić information content (AvgIpc) is 2.76. The Labute approximate surface area is 126 Å². The van der Waals surface area contributed by atoms with Crippen molar-refractivity contribution in [2.45, 2.75) is 51.7 Å². The van der Waals surface area contributed by atoms with Gasteiger partial charge in [0.2, 0.25) is 10.0 Å². The van der Waals surface area contributed by atoms with Gasteiger partial charge in [-0.25, -0.2) is 13.1 Å². The molecule has 21 heavy (non-hydrogen) atoms. The van der Waals surface area contributed by atoms with Crippen LogP contribution in [0, 0.1) is 6.92 Å². The highest BCUT2D eigenvalue weighted by Gasteiger charge is 2.27. The van der Waals surface area contributed by atoms with Crippen LogP contribution >= 0.6 is 0 Å². The van der Waals surface area contributed by atoms with Crippen molar-refractivity contribution in [2.75, 3.05) is 19.7 Å². The summed E-state index contributed by atoms with van der Waals surface area (Å²) in [5.41, 5.74) is 0.474. The van der Waals surface area contributed by atoms with Crippen LogP contribution in [0.5, 0.6) is 0 Å². The number of hydrogen-bond donors (Lipinski definition) is 3. The zero-order valence-electron chi connectivity index (χ0n) is 13.4. The van der Waals surface area contributed by atoms with Gasteiger partial charge in [-0.1, -0.05) is 6.92 Å². The second-order valence-electron chi connectivity index (χ2n) is 5.42. The van der Waals surface area contributed by atoms with Crippen LogP contribution in [-0.4, -0.2) is 43.9 Å². The van der Waals surface area contributed by atoms with Gasteiger partial charge >= 0.3 is 0 Å². The van der Waals surface area contributed by atoms with Crippen molar-refractivity contribution in [3.8, 4) is 0 Å². The number of rotatable bonds is 9. The lowest BCUT2D eigenvalue weighted by atomic mass is 10.1. The maximum atomic E-state index is 12.5. The van der Waals surface area contributed by atoms with Gasteiger partial charge in [-0.2, -0.15) is 5.10 Å². The molecule has 1 rings (SSSR count). The molecular weight excluding hydrogens is 292 g/mol. The number of aromatic nitrogens is 2. The monoisotopic (exact) mass is 318 g/mol. The molecule has 1 heterocycles. The van der Waals surface area contributed by atoms with Gasteiger partial charge in [-0.05, 0) is 34.2 Å². The lowest BCUT2D eigenvalue weighted by Crippen LogP contribution is -2.40. The van der Waals surface area contributed by atoms with Crippen LogP contribution in [0.1, 0.15) is 39.1 Å². The molecule has 0 amide bonds. The molecule has 1 aromatic heterocycles. The standard InChI is InChI=1S/C13H26N4O3S/c1-6-14-8-11-12(10(3)16-17-11)21(18,19)15-9-13(4,5)20-7-2/h14-15H,6-9H2,1-5H3,(H,16,17). The van der Waals surface area contributed by atoms with E-state index in [2.05, 4.69) is 20.2 Å². The number of sulfonamides is 1. The van der Waals surface area contributed by atoms with Gasteiger partial charge in [0.1, 0.15) is 4.90 Å². The SMILES string of the molecule is CCNCc1n[nH]c(C)c1S(=O)(=O)NCC(C)(C)OCC. The second-order valence-corrected chi connectivity index (χ2v) is 7.13. The molecule has 0 saturated heterocycles. The maximum Gasteiger partial charge on any atom is 0.244 e. The smallest absolute Gasteiger partial charge is 0.244 e. The molecule has 1 aromatic rings. The zero-order valence-corrected chi connectivity index (χ0v) is 14.2. The first-order valence-electron chi connectivity index (χ1n) is 7.11. The number of hydrogen-bond acceptors (Lipinski definition) is 5. The lowest BCUT2D eigenvalue weighted by molar-refractivity contribution is -0.00515. The molecule has 0 aliphatic rings. The summed E-state index contributed by atoms with van der Waals surface area (Å²) in [4.78, 5) is 0.218. The first kappa shape index (κ1) is 18.1. The zero-order chi connectivity index (χ0) is 16.1. The van der Waals surface area contributed by atoms with Gasteiger partial charge < -0.3 is 10.1 Å². The Bertz CT molecular complexity index is 552. The molecule has 0 aromatic carbocycles. The lowest BCUT2D eigenvalue weighted by Gasteiger charge is -2.24. The van der Waals surface area contributed by atoms with Crippen molar-refractivity contribution in [2.24, 2.45) is 0 Å². The van der Waals surface area contributed by atoms with E-state index >= 15 is 0 Å². The molecule has 0 aliphatic heterocycles. The largest absolute Gasteiger partial charge is 0.375 e. The summed E-state index contributed by atoms with van der Waals surface area (Å²) in [7, 11) is -3.62. The van der Waals surface area contributed by atoms with E-state index < -0.39 is 15.6 Å². The van der Waals surface area contributed by atoms with Crippen molar-refractivity contribution in [3.63, 3.8) is 0 Å². The van der Waals surface area contributed by atoms with Crippen LogP contribution in [0.2, 0.25) is 0 Å². The van der Waals surface area contributed by atoms with E-state index in [0.29, 0.717) is 24.5 Å². The van der Waals surface area contributed by atoms with Crippen LogP contribution in [0.25, 0.3) is 0 Å². The van der Waals surface area contributed by atoms with E-state index in [1.807, 2.05) is 27.7 Å². The number of H-pyrrole nitrogens is 1. The molecule has 0 atom stereocenters. The summed E-state index contributed by atoms with van der Waals surface area (Å²) in [6.45, 7) is 11.1. The average molecular weight is 318 g/mol. The number of ether oxygens (including phenoxy) is 1. The normalized spacial score (nSPS) is 12.8. The number of aromatic amines is 1. The van der Waals surface area contributed by atoms with Gasteiger partial charge in [-0.3, -0.25) is 5.10 Å². The van der Waals surface area contributed by atoms with Crippen LogP contribution < -0.4 is 10.0 Å². The van der Waals surface area contributed by atoms with E-state index in [1.165, 1.54) is 0 Å². The molecule has 3 N–H and O–H groups in total. The molecule has 0 bridgehead atoms. The van der Waals surface area contributed by atoms with E-state index in [-0.39, 0.29) is 11.4 Å². The van der Waals surface area contributed by atoms with Crippen molar-refractivity contribution < 1.29 is 13.2 Å². The highest BCUT2D eigenvalue weighted by molar-refractivity contribution is 7.89. The maximum absolute atomic E-state index is 12.5. The molecule has 0 fully saturated rings. The minimum absolute atomic E-state index is 0.203. The second kappa shape index (κ2) is 7.35. The highest BCUT2D eigenvalue weighted by atomic mass is 32.2. The predicted molar refractivity (Wildman–Crippen MR) is 81.6 cm³/mol. The Balaban J connectivity index is 2.90. The van der Waals surface area contributed by atoms with Gasteiger partial charge in [0.05, 0.1) is 17.0 Å². The van der Waals surface area contributed by atoms with Gasteiger partial charge in [-0.15, -0.1) is 0 Å². The number of nitrogens with one attached hydrogen (secondary N) is 3. The van der Waals surface area contributed by atoms with Gasteiger partial charge in [0.15, 0.2) is 0 Å². The van der Waals surface area contributed by atoms with Crippen molar-refractivity contribution >= 4 is 10.0 Å². The first-order valence-corrected chi connectivity index (χ1v) is 8.60. The summed E-state index contributed by atoms with van der Waals surface area (Å²) in [5, 5.41) is 9.88. The molecule has 0 unspecified atom stereocenters. The summed E-state index contributed by atoms with van der Waals surface area (Å²) >= 11 is 0. The first-order chi connectivity index (χ1) is 9.73. The van der Waals surface area contributed by atoms with Crippen LogP contribution in [0.4, 0.5) is 0 Å². The van der Waals surface area contributed by atoms with Crippen LogP contribution in [0.15, 0.2) is 4.90 Å². The van der Waals surface area contributed by atoms with Gasteiger partial charge in [0, 0.05) is 19.7 Å². The minimum atomic E-state index is -3.62. The fraction of sp³-hybridized carbons (Fsp3) is 0.769. The summed E-state index contributed by atoms with van der Waals surface area (Å²) in [6, 6.07) is 0. The minimum Gasteiger partial charge on any atom is -0.375 e. The van der Waals surface area contributed by atoms with Crippen LogP contribution in [0.3, 0.4) is 0 Å². The third-order valence-electron chi connectivity index (χ3n) is 3.00. The Morgan fingerprint density at radius 1 is 1.33 bits per heavy atom. The topological polar surface area (TPSA) is 96.1 Å². The molecule has 122 valence electrons. The summed E-state index contributed by atoms with van der Waals surface area (Å²) < 4.78 is 33.1. The molecule has 0 spiro atoms. The van der Waals surface area contributed by atoms with E-state index in [0.717, 1.165) is 6.54 Å². The Morgan fingerprint density at radius 2 is 2.00 bits per heavy atom. The molecule has 8 heteroatoms. The molecule has 0 saturated carbocycles. The molecule has 0 radical (unpaired) electrons. The highest BCUT2D eigenvalue weighted by Crippen LogP contribution is 2.18. The predicted octanol–water partition coefficient (Wildman–Crippen LogP) is 0.921. The number of aryl methyl sites for hydroxylation is 1. The van der Waals surface area contributed by atoms with E-state index in [1.54, 1.807) is 6.92 Å². The van der Waals surface area contributed by atoms with Crippen LogP contribution in [-0.2, 0) is 21.3 Å². The van der Waals surface area contributed by atoms with Crippen molar-refractivity contribution in [1.82, 2.24) is 20.2 Å². The Hall–Kier alpha value is -0.960. The molecule has 7 nitrogen and oxygen atoms in total. The van der Waals surface area contributed by atoms with Crippen molar-refractivity contribution in [1.29, 1.82) is 0 Å². The summed E-state index contributed by atoms with van der Waals surface area (Å²) in [5.74, 6) is 0. The van der Waals surface area contributed by atoms with E-state index in [4.69, 9.17) is 4.74 Å². The fourth-order valence-electron chi connectivity index (χ4n) is 1.97. The Morgan fingerprint density at radius 3 is 2.57 bits per heavy atom. The fourth-order valence-corrected chi connectivity index (χ4v) is 3.53. The third-order valence-corrected chi connectivity index (χ3v) is 4.60. The summed E-state index contributed by atoms with van der Waals surface area (Å²) in [6.07, 6.45) is 0. The number of nitrogens with zero attached hydrogens (tertiary/aromatic N) is 1. The van der Waals surface area contributed by atoms with Gasteiger partial charge in [0.25, 0.3) is 0 Å².